The van der Waals surface area contributed by atoms with Gasteiger partial charge in [0.1, 0.15) is 0 Å². The zero-order valence-electron chi connectivity index (χ0n) is 12.6. The van der Waals surface area contributed by atoms with E-state index >= 15 is 0 Å². The Morgan fingerprint density at radius 3 is 2.65 bits per heavy atom. The Morgan fingerprint density at radius 2 is 2.00 bits per heavy atom. The quantitative estimate of drug-likeness (QED) is 0.914. The lowest BCUT2D eigenvalue weighted by atomic mass is 10.0. The molecule has 1 heterocycles. The minimum Gasteiger partial charge on any atom is -0.388 e. The van der Waals surface area contributed by atoms with Crippen molar-refractivity contribution < 1.29 is 5.11 Å². The Labute approximate surface area is 126 Å². The van der Waals surface area contributed by atoms with Crippen molar-refractivity contribution >= 4 is 16.5 Å². The van der Waals surface area contributed by atoms with E-state index in [4.69, 9.17) is 4.98 Å². The van der Waals surface area contributed by atoms with E-state index in [0.717, 1.165) is 41.5 Å². The van der Waals surface area contributed by atoms with Crippen LogP contribution in [0.15, 0.2) is 0 Å². The number of aryl methyl sites for hydroxylation is 1. The molecule has 0 amide bonds. The van der Waals surface area contributed by atoms with E-state index in [1.165, 1.54) is 25.7 Å². The molecule has 1 aromatic rings. The molecule has 0 aromatic carbocycles. The Morgan fingerprint density at radius 1 is 1.25 bits per heavy atom. The number of aromatic nitrogens is 1. The first kappa shape index (κ1) is 14.3. The Hall–Kier alpha value is -0.610. The molecule has 0 spiro atoms. The molecule has 1 aromatic heterocycles. The van der Waals surface area contributed by atoms with Crippen LogP contribution in [0.2, 0.25) is 0 Å². The van der Waals surface area contributed by atoms with Gasteiger partial charge in [-0.2, -0.15) is 0 Å². The van der Waals surface area contributed by atoms with E-state index in [-0.39, 0.29) is 6.10 Å². The van der Waals surface area contributed by atoms with Crippen molar-refractivity contribution in [1.29, 1.82) is 0 Å². The molecule has 0 aliphatic heterocycles. The SMILES string of the molecule is CC(C)CN(c1nc2c(s1)C(O)CCC2)C1CCCC1. The van der Waals surface area contributed by atoms with Crippen LogP contribution in [0.25, 0.3) is 0 Å². The second-order valence-corrected chi connectivity index (χ2v) is 7.71. The third kappa shape index (κ3) is 2.86. The summed E-state index contributed by atoms with van der Waals surface area (Å²) < 4.78 is 0. The lowest BCUT2D eigenvalue weighted by molar-refractivity contribution is 0.160. The predicted molar refractivity (Wildman–Crippen MR) is 84.5 cm³/mol. The lowest BCUT2D eigenvalue weighted by Gasteiger charge is -2.30. The second-order valence-electron chi connectivity index (χ2n) is 6.70. The van der Waals surface area contributed by atoms with Crippen LogP contribution in [0.4, 0.5) is 5.13 Å². The van der Waals surface area contributed by atoms with Gasteiger partial charge in [0.2, 0.25) is 0 Å². The van der Waals surface area contributed by atoms with Crippen molar-refractivity contribution in [3.05, 3.63) is 10.6 Å². The van der Waals surface area contributed by atoms with Crippen LogP contribution < -0.4 is 4.90 Å². The first-order valence-electron chi connectivity index (χ1n) is 8.09. The smallest absolute Gasteiger partial charge is 0.186 e. The van der Waals surface area contributed by atoms with Gasteiger partial charge in [0.05, 0.1) is 16.7 Å². The average Bonchev–Trinajstić information content (AvgIpc) is 3.05. The summed E-state index contributed by atoms with van der Waals surface area (Å²) in [7, 11) is 0. The van der Waals surface area contributed by atoms with Crippen LogP contribution in [-0.2, 0) is 6.42 Å². The summed E-state index contributed by atoms with van der Waals surface area (Å²) in [6.07, 6.45) is 8.07. The van der Waals surface area contributed by atoms with Crippen molar-refractivity contribution in [2.45, 2.75) is 70.9 Å². The maximum Gasteiger partial charge on any atom is 0.186 e. The third-order valence-corrected chi connectivity index (χ3v) is 5.72. The van der Waals surface area contributed by atoms with Crippen LogP contribution in [0.5, 0.6) is 0 Å². The van der Waals surface area contributed by atoms with Gasteiger partial charge in [-0.25, -0.2) is 4.98 Å². The van der Waals surface area contributed by atoms with Gasteiger partial charge in [-0.3, -0.25) is 0 Å². The van der Waals surface area contributed by atoms with Gasteiger partial charge < -0.3 is 10.0 Å². The molecular weight excluding hydrogens is 268 g/mol. The summed E-state index contributed by atoms with van der Waals surface area (Å²) in [5, 5.41) is 11.3. The van der Waals surface area contributed by atoms with Crippen LogP contribution in [0, 0.1) is 5.92 Å². The van der Waals surface area contributed by atoms with Crippen LogP contribution in [0.3, 0.4) is 0 Å². The van der Waals surface area contributed by atoms with Crippen molar-refractivity contribution in [1.82, 2.24) is 4.98 Å². The summed E-state index contributed by atoms with van der Waals surface area (Å²) in [5.41, 5.74) is 1.16. The highest BCUT2D eigenvalue weighted by molar-refractivity contribution is 7.15. The summed E-state index contributed by atoms with van der Waals surface area (Å²) in [4.78, 5) is 8.56. The fourth-order valence-corrected chi connectivity index (χ4v) is 4.71. The number of hydrogen-bond acceptors (Lipinski definition) is 4. The topological polar surface area (TPSA) is 36.4 Å². The summed E-state index contributed by atoms with van der Waals surface area (Å²) in [5.74, 6) is 0.654. The van der Waals surface area contributed by atoms with E-state index in [2.05, 4.69) is 18.7 Å². The van der Waals surface area contributed by atoms with Crippen LogP contribution in [-0.4, -0.2) is 22.7 Å². The Bertz CT molecular complexity index is 451. The molecule has 1 unspecified atom stereocenters. The summed E-state index contributed by atoms with van der Waals surface area (Å²) in [6, 6.07) is 0.669. The molecule has 1 atom stereocenters. The van der Waals surface area contributed by atoms with Crippen molar-refractivity contribution in [3.63, 3.8) is 0 Å². The van der Waals surface area contributed by atoms with Gasteiger partial charge in [-0.05, 0) is 38.0 Å². The molecule has 1 N–H and O–H groups in total. The summed E-state index contributed by atoms with van der Waals surface area (Å²) >= 11 is 1.75. The van der Waals surface area contributed by atoms with Gasteiger partial charge in [0, 0.05) is 12.6 Å². The van der Waals surface area contributed by atoms with Crippen molar-refractivity contribution in [3.8, 4) is 0 Å². The maximum atomic E-state index is 10.2. The standard InChI is InChI=1S/C16H26N2OS/c1-11(2)10-18(12-6-3-4-7-12)16-17-13-8-5-9-14(19)15(13)20-16/h11-12,14,19H,3-10H2,1-2H3. The van der Waals surface area contributed by atoms with E-state index in [1.54, 1.807) is 11.3 Å². The highest BCUT2D eigenvalue weighted by Gasteiger charge is 2.29. The highest BCUT2D eigenvalue weighted by Crippen LogP contribution is 2.39. The molecule has 3 nitrogen and oxygen atoms in total. The zero-order valence-corrected chi connectivity index (χ0v) is 13.5. The maximum absolute atomic E-state index is 10.2. The predicted octanol–water partition coefficient (Wildman–Crippen LogP) is 3.92. The first-order valence-corrected chi connectivity index (χ1v) is 8.91. The van der Waals surface area contributed by atoms with E-state index in [9.17, 15) is 5.11 Å². The Kier molecular flexibility index (Phi) is 4.32. The Balaban J connectivity index is 1.86. The van der Waals surface area contributed by atoms with Gasteiger partial charge in [0.25, 0.3) is 0 Å². The largest absolute Gasteiger partial charge is 0.388 e. The van der Waals surface area contributed by atoms with Gasteiger partial charge in [-0.1, -0.05) is 38.0 Å². The molecule has 0 bridgehead atoms. The van der Waals surface area contributed by atoms with E-state index in [1.807, 2.05) is 0 Å². The number of thiazole rings is 1. The second kappa shape index (κ2) is 6.02. The molecule has 3 rings (SSSR count). The molecular formula is C16H26N2OS. The number of fused-ring (bicyclic) bond motifs is 1. The fraction of sp³-hybridized carbons (Fsp3) is 0.812. The van der Waals surface area contributed by atoms with Gasteiger partial charge >= 0.3 is 0 Å². The first-order chi connectivity index (χ1) is 9.65. The highest BCUT2D eigenvalue weighted by atomic mass is 32.1. The minimum absolute atomic E-state index is 0.269. The number of aliphatic hydroxyl groups is 1. The molecule has 4 heteroatoms. The third-order valence-electron chi connectivity index (χ3n) is 4.48. The number of aliphatic hydroxyl groups excluding tert-OH is 1. The number of hydrogen-bond donors (Lipinski definition) is 1. The van der Waals surface area contributed by atoms with Crippen molar-refractivity contribution in [2.24, 2.45) is 5.92 Å². The normalized spacial score (nSPS) is 23.3. The number of anilines is 1. The monoisotopic (exact) mass is 294 g/mol. The van der Waals surface area contributed by atoms with Crippen molar-refractivity contribution in [2.75, 3.05) is 11.4 Å². The molecule has 2 aliphatic carbocycles. The molecule has 2 aliphatic rings. The fourth-order valence-electron chi connectivity index (χ4n) is 3.50. The lowest BCUT2D eigenvalue weighted by Crippen LogP contribution is -2.36. The molecule has 0 radical (unpaired) electrons. The van der Waals surface area contributed by atoms with Crippen LogP contribution in [0.1, 0.15) is 69.0 Å². The van der Waals surface area contributed by atoms with Crippen LogP contribution >= 0.6 is 11.3 Å². The number of nitrogens with zero attached hydrogens (tertiary/aromatic N) is 2. The summed E-state index contributed by atoms with van der Waals surface area (Å²) in [6.45, 7) is 5.65. The molecule has 1 saturated carbocycles. The van der Waals surface area contributed by atoms with Gasteiger partial charge in [0.15, 0.2) is 5.13 Å². The van der Waals surface area contributed by atoms with E-state index < -0.39 is 0 Å². The minimum atomic E-state index is -0.269. The van der Waals surface area contributed by atoms with Gasteiger partial charge in [-0.15, -0.1) is 0 Å². The van der Waals surface area contributed by atoms with E-state index in [0.29, 0.717) is 12.0 Å². The average molecular weight is 294 g/mol. The molecule has 112 valence electrons. The molecule has 1 fully saturated rings. The number of rotatable bonds is 4. The molecule has 20 heavy (non-hydrogen) atoms. The zero-order chi connectivity index (χ0) is 14.1. The molecule has 0 saturated heterocycles.